The van der Waals surface area contributed by atoms with E-state index in [1.54, 1.807) is 16.2 Å². The normalized spacial score (nSPS) is 15.6. The van der Waals surface area contributed by atoms with E-state index in [1.807, 2.05) is 23.1 Å². The average Bonchev–Trinajstić information content (AvgIpc) is 3.26. The Balaban J connectivity index is 1.72. The van der Waals surface area contributed by atoms with Gasteiger partial charge >= 0.3 is 0 Å². The fraction of sp³-hybridized carbons (Fsp3) is 0.556. The molecule has 1 aliphatic rings. The molecule has 2 heterocycles. The Morgan fingerprint density at radius 3 is 2.56 bits per heavy atom. The second-order valence-electron chi connectivity index (χ2n) is 9.28. The quantitative estimate of drug-likeness (QED) is 0.387. The fourth-order valence-corrected chi connectivity index (χ4v) is 5.47. The van der Waals surface area contributed by atoms with Crippen LogP contribution in [0, 0.1) is 5.92 Å². The molecule has 0 spiro atoms. The molecule has 0 N–H and O–H groups in total. The number of amides is 2. The maximum atomic E-state index is 13.6. The van der Waals surface area contributed by atoms with Gasteiger partial charge in [0.1, 0.15) is 0 Å². The summed E-state index contributed by atoms with van der Waals surface area (Å²) in [6.07, 6.45) is 7.04. The Bertz CT molecular complexity index is 862. The van der Waals surface area contributed by atoms with Crippen molar-refractivity contribution in [1.29, 1.82) is 0 Å². The molecule has 0 aliphatic carbocycles. The summed E-state index contributed by atoms with van der Waals surface area (Å²) in [5.74, 6) is 0.505. The molecule has 0 saturated heterocycles. The van der Waals surface area contributed by atoms with Gasteiger partial charge in [-0.2, -0.15) is 0 Å². The monoisotopic (exact) mass is 454 g/mol. The van der Waals surface area contributed by atoms with Crippen molar-refractivity contribution in [3.63, 3.8) is 0 Å². The van der Waals surface area contributed by atoms with Crippen molar-refractivity contribution in [2.45, 2.75) is 71.8 Å². The second-order valence-corrected chi connectivity index (χ2v) is 10.3. The van der Waals surface area contributed by atoms with E-state index in [-0.39, 0.29) is 24.4 Å². The molecule has 1 aromatic carbocycles. The maximum Gasteiger partial charge on any atom is 0.242 e. The zero-order chi connectivity index (χ0) is 22.9. The van der Waals surface area contributed by atoms with Crippen LogP contribution in [0.15, 0.2) is 41.8 Å². The molecule has 0 saturated carbocycles. The summed E-state index contributed by atoms with van der Waals surface area (Å²) in [5.41, 5.74) is 2.37. The summed E-state index contributed by atoms with van der Waals surface area (Å²) in [4.78, 5) is 31.7. The van der Waals surface area contributed by atoms with E-state index in [2.05, 4.69) is 44.4 Å². The lowest BCUT2D eigenvalue weighted by atomic mass is 9.93. The minimum absolute atomic E-state index is 0.0516. The molecule has 3 rings (SSSR count). The van der Waals surface area contributed by atoms with Crippen LogP contribution in [0.2, 0.25) is 0 Å². The lowest BCUT2D eigenvalue weighted by Crippen LogP contribution is -2.47. The molecule has 32 heavy (non-hydrogen) atoms. The van der Waals surface area contributed by atoms with Crippen LogP contribution >= 0.6 is 11.3 Å². The van der Waals surface area contributed by atoms with Crippen molar-refractivity contribution in [1.82, 2.24) is 9.80 Å². The minimum Gasteiger partial charge on any atom is -0.333 e. The van der Waals surface area contributed by atoms with Crippen molar-refractivity contribution in [3.8, 4) is 0 Å². The van der Waals surface area contributed by atoms with Gasteiger partial charge in [-0.25, -0.2) is 0 Å². The van der Waals surface area contributed by atoms with E-state index in [0.717, 1.165) is 24.8 Å². The Kier molecular flexibility index (Phi) is 9.34. The Morgan fingerprint density at radius 2 is 1.84 bits per heavy atom. The molecule has 5 heteroatoms. The molecule has 0 radical (unpaired) electrons. The van der Waals surface area contributed by atoms with Crippen LogP contribution in [0.4, 0.5) is 0 Å². The highest BCUT2D eigenvalue weighted by Crippen LogP contribution is 2.37. The van der Waals surface area contributed by atoms with Crippen molar-refractivity contribution in [3.05, 3.63) is 57.8 Å². The summed E-state index contributed by atoms with van der Waals surface area (Å²) in [7, 11) is 0. The van der Waals surface area contributed by atoms with E-state index in [1.165, 1.54) is 29.7 Å². The lowest BCUT2D eigenvalue weighted by Gasteiger charge is -2.38. The molecule has 4 nitrogen and oxygen atoms in total. The molecular weight excluding hydrogens is 416 g/mol. The summed E-state index contributed by atoms with van der Waals surface area (Å²) < 4.78 is 0. The Morgan fingerprint density at radius 1 is 1.09 bits per heavy atom. The zero-order valence-corrected chi connectivity index (χ0v) is 20.7. The first-order valence-electron chi connectivity index (χ1n) is 12.2. The first-order chi connectivity index (χ1) is 15.5. The van der Waals surface area contributed by atoms with Gasteiger partial charge < -0.3 is 9.80 Å². The SMILES string of the molecule is CCCCCCCC(=O)N(CC(=O)N1CCc2sccc2C1c1ccccc1)CC(C)C. The summed E-state index contributed by atoms with van der Waals surface area (Å²) in [5, 5.41) is 2.13. The molecule has 174 valence electrons. The highest BCUT2D eigenvalue weighted by atomic mass is 32.1. The summed E-state index contributed by atoms with van der Waals surface area (Å²) in [6, 6.07) is 12.4. The molecule has 0 fully saturated rings. The third kappa shape index (κ3) is 6.44. The maximum absolute atomic E-state index is 13.6. The van der Waals surface area contributed by atoms with Crippen LogP contribution in [0.1, 0.15) is 81.3 Å². The fourth-order valence-electron chi connectivity index (χ4n) is 4.57. The van der Waals surface area contributed by atoms with E-state index >= 15 is 0 Å². The van der Waals surface area contributed by atoms with Gasteiger partial charge in [0.15, 0.2) is 0 Å². The molecular formula is C27H38N2O2S. The van der Waals surface area contributed by atoms with E-state index in [9.17, 15) is 9.59 Å². The van der Waals surface area contributed by atoms with Gasteiger partial charge in [0, 0.05) is 24.4 Å². The van der Waals surface area contributed by atoms with Crippen molar-refractivity contribution in [2.75, 3.05) is 19.6 Å². The molecule has 1 atom stereocenters. The van der Waals surface area contributed by atoms with Gasteiger partial charge in [-0.3, -0.25) is 9.59 Å². The number of rotatable bonds is 11. The van der Waals surface area contributed by atoms with Crippen LogP contribution < -0.4 is 0 Å². The zero-order valence-electron chi connectivity index (χ0n) is 19.9. The minimum atomic E-state index is -0.0660. The topological polar surface area (TPSA) is 40.6 Å². The Labute approximate surface area is 197 Å². The largest absolute Gasteiger partial charge is 0.333 e. The molecule has 0 bridgehead atoms. The first kappa shape index (κ1) is 24.5. The van der Waals surface area contributed by atoms with Crippen molar-refractivity contribution < 1.29 is 9.59 Å². The van der Waals surface area contributed by atoms with Crippen LogP contribution in [-0.4, -0.2) is 41.2 Å². The third-order valence-electron chi connectivity index (χ3n) is 6.16. The standard InChI is InChI=1S/C27H38N2O2S/c1-4-5-6-7-11-14-25(30)28(19-21(2)3)20-26(31)29-17-15-24-23(16-18-32-24)27(29)22-12-9-8-10-13-22/h8-10,12-13,16,18,21,27H,4-7,11,14-15,17,19-20H2,1-3H3. The van der Waals surface area contributed by atoms with Gasteiger partial charge in [0.25, 0.3) is 0 Å². The van der Waals surface area contributed by atoms with Gasteiger partial charge in [-0.05, 0) is 41.3 Å². The van der Waals surface area contributed by atoms with Gasteiger partial charge in [0.05, 0.1) is 12.6 Å². The molecule has 1 unspecified atom stereocenters. The van der Waals surface area contributed by atoms with E-state index < -0.39 is 0 Å². The number of benzene rings is 1. The molecule has 2 aromatic rings. The van der Waals surface area contributed by atoms with Crippen LogP contribution in [0.5, 0.6) is 0 Å². The predicted molar refractivity (Wildman–Crippen MR) is 133 cm³/mol. The first-order valence-corrected chi connectivity index (χ1v) is 13.1. The third-order valence-corrected chi connectivity index (χ3v) is 7.16. The van der Waals surface area contributed by atoms with Crippen molar-refractivity contribution in [2.24, 2.45) is 5.92 Å². The molecule has 2 amide bonds. The highest BCUT2D eigenvalue weighted by molar-refractivity contribution is 7.10. The number of hydrogen-bond acceptors (Lipinski definition) is 3. The highest BCUT2D eigenvalue weighted by Gasteiger charge is 2.33. The number of fused-ring (bicyclic) bond motifs is 1. The van der Waals surface area contributed by atoms with E-state index in [0.29, 0.717) is 25.4 Å². The number of nitrogens with zero attached hydrogens (tertiary/aromatic N) is 2. The summed E-state index contributed by atoms with van der Waals surface area (Å²) >= 11 is 1.78. The predicted octanol–water partition coefficient (Wildman–Crippen LogP) is 6.07. The smallest absolute Gasteiger partial charge is 0.242 e. The van der Waals surface area contributed by atoms with Crippen LogP contribution in [-0.2, 0) is 16.0 Å². The number of carbonyl (C=O) groups is 2. The number of thiophene rings is 1. The number of hydrogen-bond donors (Lipinski definition) is 0. The summed E-state index contributed by atoms with van der Waals surface area (Å²) in [6.45, 7) is 7.92. The van der Waals surface area contributed by atoms with Gasteiger partial charge in [0.2, 0.25) is 11.8 Å². The van der Waals surface area contributed by atoms with Crippen LogP contribution in [0.3, 0.4) is 0 Å². The number of carbonyl (C=O) groups excluding carboxylic acids is 2. The average molecular weight is 455 g/mol. The van der Waals surface area contributed by atoms with Crippen molar-refractivity contribution >= 4 is 23.2 Å². The lowest BCUT2D eigenvalue weighted by molar-refractivity contribution is -0.142. The molecule has 1 aliphatic heterocycles. The van der Waals surface area contributed by atoms with E-state index in [4.69, 9.17) is 0 Å². The second kappa shape index (κ2) is 12.2. The number of unbranched alkanes of at least 4 members (excludes halogenated alkanes) is 4. The van der Waals surface area contributed by atoms with Crippen LogP contribution in [0.25, 0.3) is 0 Å². The van der Waals surface area contributed by atoms with Gasteiger partial charge in [-0.1, -0.05) is 76.8 Å². The molecule has 1 aromatic heterocycles. The van der Waals surface area contributed by atoms with Gasteiger partial charge in [-0.15, -0.1) is 11.3 Å². The Hall–Kier alpha value is -2.14.